The molecule has 7 heteroatoms. The Morgan fingerprint density at radius 3 is 2.58 bits per heavy atom. The van der Waals surface area contributed by atoms with E-state index in [1.807, 2.05) is 6.07 Å². The van der Waals surface area contributed by atoms with E-state index in [9.17, 15) is 4.79 Å². The Labute approximate surface area is 168 Å². The minimum atomic E-state index is -0.312. The number of amides is 1. The second kappa shape index (κ2) is 7.95. The smallest absolute Gasteiger partial charge is 0.255 e. The van der Waals surface area contributed by atoms with Crippen molar-refractivity contribution in [3.05, 3.63) is 51.0 Å². The third-order valence-electron chi connectivity index (χ3n) is 4.66. The van der Waals surface area contributed by atoms with Gasteiger partial charge < -0.3 is 16.0 Å². The molecule has 4 nitrogen and oxygen atoms in total. The monoisotopic (exact) mass is 411 g/mol. The Bertz CT molecular complexity index is 841. The van der Waals surface area contributed by atoms with E-state index < -0.39 is 0 Å². The molecule has 26 heavy (non-hydrogen) atoms. The third kappa shape index (κ3) is 4.03. The van der Waals surface area contributed by atoms with Gasteiger partial charge in [0.25, 0.3) is 5.91 Å². The summed E-state index contributed by atoms with van der Waals surface area (Å²) in [5.41, 5.74) is 8.61. The lowest BCUT2D eigenvalue weighted by molar-refractivity contribution is 0.102. The van der Waals surface area contributed by atoms with E-state index in [1.165, 1.54) is 12.5 Å². The molecular formula is C19H20Cl3N3O. The fourth-order valence-corrected chi connectivity index (χ4v) is 3.73. The van der Waals surface area contributed by atoms with Gasteiger partial charge in [0.2, 0.25) is 0 Å². The normalized spacial score (nSPS) is 17.2. The predicted octanol–water partition coefficient (Wildman–Crippen LogP) is 5.86. The van der Waals surface area contributed by atoms with Crippen molar-refractivity contribution in [3.8, 4) is 0 Å². The molecule has 2 aromatic rings. The molecule has 0 unspecified atom stereocenters. The third-order valence-corrected chi connectivity index (χ3v) is 5.71. The van der Waals surface area contributed by atoms with E-state index in [0.29, 0.717) is 38.0 Å². The van der Waals surface area contributed by atoms with Gasteiger partial charge in [0.15, 0.2) is 0 Å². The molecule has 1 atom stereocenters. The highest BCUT2D eigenvalue weighted by Gasteiger charge is 2.22. The van der Waals surface area contributed by atoms with E-state index in [4.69, 9.17) is 40.5 Å². The Hall–Kier alpha value is -1.62. The molecule has 0 aliphatic carbocycles. The summed E-state index contributed by atoms with van der Waals surface area (Å²) in [7, 11) is 0. The van der Waals surface area contributed by atoms with E-state index in [-0.39, 0.29) is 5.91 Å². The van der Waals surface area contributed by atoms with Crippen LogP contribution < -0.4 is 16.0 Å². The second-order valence-electron chi connectivity index (χ2n) is 6.51. The second-order valence-corrected chi connectivity index (χ2v) is 7.73. The topological polar surface area (TPSA) is 58.4 Å². The molecule has 1 fully saturated rings. The van der Waals surface area contributed by atoms with Gasteiger partial charge >= 0.3 is 0 Å². The Kier molecular flexibility index (Phi) is 5.86. The van der Waals surface area contributed by atoms with Crippen molar-refractivity contribution in [2.75, 3.05) is 22.5 Å². The number of rotatable bonds is 3. The maximum atomic E-state index is 12.6. The van der Waals surface area contributed by atoms with Gasteiger partial charge in [-0.1, -0.05) is 34.8 Å². The quantitative estimate of drug-likeness (QED) is 0.621. The van der Waals surface area contributed by atoms with Gasteiger partial charge in [0, 0.05) is 18.2 Å². The first-order chi connectivity index (χ1) is 12.4. The maximum absolute atomic E-state index is 12.6. The number of halogens is 3. The summed E-state index contributed by atoms with van der Waals surface area (Å²) in [6, 6.07) is 8.65. The number of hydrogen-bond acceptors (Lipinski definition) is 3. The molecule has 1 aliphatic heterocycles. The van der Waals surface area contributed by atoms with E-state index >= 15 is 0 Å². The van der Waals surface area contributed by atoms with Gasteiger partial charge in [-0.05, 0) is 56.5 Å². The van der Waals surface area contributed by atoms with Crippen molar-refractivity contribution < 1.29 is 4.79 Å². The van der Waals surface area contributed by atoms with Crippen LogP contribution in [0.15, 0.2) is 30.3 Å². The van der Waals surface area contributed by atoms with Gasteiger partial charge in [0.05, 0.1) is 32.1 Å². The number of hydrogen-bond donors (Lipinski definition) is 2. The summed E-state index contributed by atoms with van der Waals surface area (Å²) in [6.07, 6.45) is 3.45. The summed E-state index contributed by atoms with van der Waals surface area (Å²) in [6.45, 7) is 3.12. The number of nitrogens with two attached hydrogens (primary N) is 1. The zero-order valence-electron chi connectivity index (χ0n) is 14.4. The first-order valence-corrected chi connectivity index (χ1v) is 9.62. The highest BCUT2D eigenvalue weighted by molar-refractivity contribution is 6.42. The Balaban J connectivity index is 1.88. The number of nitrogens with zero attached hydrogens (tertiary/aromatic N) is 1. The summed E-state index contributed by atoms with van der Waals surface area (Å²) < 4.78 is 0. The minimum Gasteiger partial charge on any atom is -0.397 e. The SMILES string of the molecule is C[C@H]1CCCCN1c1cc(NC(=O)c2ccc(Cl)c(Cl)c2)c(Cl)cc1N. The van der Waals surface area contributed by atoms with Crippen molar-refractivity contribution in [1.82, 2.24) is 0 Å². The standard InChI is InChI=1S/C19H20Cl3N3O/c1-11-4-2-3-7-25(11)18-10-17(15(22)9-16(18)23)24-19(26)12-5-6-13(20)14(21)8-12/h5-6,8-11H,2-4,7,23H2,1H3,(H,24,26)/t11-/m0/s1. The summed E-state index contributed by atoms with van der Waals surface area (Å²) in [5, 5.41) is 3.96. The first kappa shape index (κ1) is 19.2. The average Bonchev–Trinajstić information content (AvgIpc) is 2.60. The number of carbonyl (C=O) groups is 1. The highest BCUT2D eigenvalue weighted by Crippen LogP contribution is 2.36. The number of nitrogen functional groups attached to an aromatic ring is 1. The number of anilines is 3. The average molecular weight is 413 g/mol. The zero-order valence-corrected chi connectivity index (χ0v) is 16.6. The van der Waals surface area contributed by atoms with E-state index in [1.54, 1.807) is 18.2 Å². The van der Waals surface area contributed by atoms with Crippen molar-refractivity contribution in [2.24, 2.45) is 0 Å². The van der Waals surface area contributed by atoms with Crippen LogP contribution in [0.5, 0.6) is 0 Å². The van der Waals surface area contributed by atoms with Crippen LogP contribution in [0.25, 0.3) is 0 Å². The van der Waals surface area contributed by atoms with Crippen LogP contribution in [0.2, 0.25) is 15.1 Å². The highest BCUT2D eigenvalue weighted by atomic mass is 35.5. The van der Waals surface area contributed by atoms with E-state index in [2.05, 4.69) is 17.1 Å². The predicted molar refractivity (Wildman–Crippen MR) is 111 cm³/mol. The van der Waals surface area contributed by atoms with Crippen LogP contribution in [-0.4, -0.2) is 18.5 Å². The van der Waals surface area contributed by atoms with Crippen LogP contribution in [-0.2, 0) is 0 Å². The van der Waals surface area contributed by atoms with Crippen molar-refractivity contribution in [2.45, 2.75) is 32.2 Å². The number of benzene rings is 2. The molecule has 0 aromatic heterocycles. The number of piperidine rings is 1. The van der Waals surface area contributed by atoms with Crippen molar-refractivity contribution in [1.29, 1.82) is 0 Å². The van der Waals surface area contributed by atoms with Crippen LogP contribution in [0.1, 0.15) is 36.5 Å². The van der Waals surface area contributed by atoms with Crippen LogP contribution in [0.4, 0.5) is 17.1 Å². The van der Waals surface area contributed by atoms with Gasteiger partial charge in [-0.25, -0.2) is 0 Å². The maximum Gasteiger partial charge on any atom is 0.255 e. The zero-order chi connectivity index (χ0) is 18.8. The fourth-order valence-electron chi connectivity index (χ4n) is 3.21. The molecule has 3 N–H and O–H groups in total. The first-order valence-electron chi connectivity index (χ1n) is 8.49. The fraction of sp³-hybridized carbons (Fsp3) is 0.316. The van der Waals surface area contributed by atoms with Crippen molar-refractivity contribution >= 4 is 57.8 Å². The molecular weight excluding hydrogens is 393 g/mol. The van der Waals surface area contributed by atoms with Crippen LogP contribution in [0, 0.1) is 0 Å². The van der Waals surface area contributed by atoms with Gasteiger partial charge in [-0.2, -0.15) is 0 Å². The lowest BCUT2D eigenvalue weighted by Crippen LogP contribution is -2.37. The van der Waals surface area contributed by atoms with Crippen LogP contribution >= 0.6 is 34.8 Å². The van der Waals surface area contributed by atoms with Gasteiger partial charge in [-0.15, -0.1) is 0 Å². The summed E-state index contributed by atoms with van der Waals surface area (Å²) >= 11 is 18.2. The summed E-state index contributed by atoms with van der Waals surface area (Å²) in [5.74, 6) is -0.312. The largest absolute Gasteiger partial charge is 0.397 e. The molecule has 0 radical (unpaired) electrons. The molecule has 1 heterocycles. The molecule has 1 amide bonds. The molecule has 138 valence electrons. The van der Waals surface area contributed by atoms with Gasteiger partial charge in [0.1, 0.15) is 0 Å². The molecule has 1 aliphatic rings. The van der Waals surface area contributed by atoms with Crippen molar-refractivity contribution in [3.63, 3.8) is 0 Å². The molecule has 0 bridgehead atoms. The lowest BCUT2D eigenvalue weighted by Gasteiger charge is -2.36. The molecule has 1 saturated heterocycles. The van der Waals surface area contributed by atoms with Crippen LogP contribution in [0.3, 0.4) is 0 Å². The van der Waals surface area contributed by atoms with E-state index in [0.717, 1.165) is 25.1 Å². The number of carbonyl (C=O) groups excluding carboxylic acids is 1. The Morgan fingerprint density at radius 1 is 1.12 bits per heavy atom. The lowest BCUT2D eigenvalue weighted by atomic mass is 10.0. The van der Waals surface area contributed by atoms with Gasteiger partial charge in [-0.3, -0.25) is 4.79 Å². The molecule has 0 spiro atoms. The molecule has 2 aromatic carbocycles. The Morgan fingerprint density at radius 2 is 1.88 bits per heavy atom. The summed E-state index contributed by atoms with van der Waals surface area (Å²) in [4.78, 5) is 14.8. The molecule has 0 saturated carbocycles. The number of nitrogens with one attached hydrogen (secondary N) is 1. The molecule has 3 rings (SSSR count). The minimum absolute atomic E-state index is 0.312.